The van der Waals surface area contributed by atoms with E-state index < -0.39 is 5.82 Å². The Morgan fingerprint density at radius 1 is 1.56 bits per heavy atom. The number of hydrogen-bond donors (Lipinski definition) is 2. The van der Waals surface area contributed by atoms with Gasteiger partial charge in [-0.3, -0.25) is 4.79 Å². The molecule has 3 N–H and O–H groups in total. The number of anilines is 2. The molecule has 2 rings (SSSR count). The van der Waals surface area contributed by atoms with Gasteiger partial charge in [-0.05, 0) is 30.0 Å². The van der Waals surface area contributed by atoms with Gasteiger partial charge in [0.1, 0.15) is 5.82 Å². The molecule has 0 aliphatic heterocycles. The Labute approximate surface area is 93.8 Å². The molecule has 3 nitrogen and oxygen atoms in total. The van der Waals surface area contributed by atoms with Crippen molar-refractivity contribution in [2.75, 3.05) is 11.1 Å². The van der Waals surface area contributed by atoms with Crippen molar-refractivity contribution in [3.63, 3.8) is 0 Å². The quantitative estimate of drug-likeness (QED) is 0.755. The minimum absolute atomic E-state index is 0.0176. The van der Waals surface area contributed by atoms with Gasteiger partial charge in [-0.2, -0.15) is 0 Å². The molecular formula is C12H15FN2O. The van der Waals surface area contributed by atoms with E-state index in [4.69, 9.17) is 5.73 Å². The first-order chi connectivity index (χ1) is 7.40. The number of carbonyl (C=O) groups is 1. The Morgan fingerprint density at radius 3 is 2.69 bits per heavy atom. The van der Waals surface area contributed by atoms with Crippen LogP contribution in [-0.2, 0) is 4.79 Å². The highest BCUT2D eigenvalue weighted by molar-refractivity contribution is 5.95. The highest BCUT2D eigenvalue weighted by Gasteiger charge is 2.50. The number of benzene rings is 1. The van der Waals surface area contributed by atoms with E-state index >= 15 is 0 Å². The van der Waals surface area contributed by atoms with Gasteiger partial charge in [0, 0.05) is 11.6 Å². The first-order valence-corrected chi connectivity index (χ1v) is 5.26. The van der Waals surface area contributed by atoms with Crippen LogP contribution in [0.4, 0.5) is 15.8 Å². The van der Waals surface area contributed by atoms with Crippen LogP contribution in [0.25, 0.3) is 0 Å². The minimum Gasteiger partial charge on any atom is -0.396 e. The van der Waals surface area contributed by atoms with Gasteiger partial charge in [-0.15, -0.1) is 0 Å². The second-order valence-corrected chi connectivity index (χ2v) is 4.97. The van der Waals surface area contributed by atoms with Crippen LogP contribution in [0, 0.1) is 17.2 Å². The molecule has 1 aliphatic carbocycles. The number of halogens is 1. The molecule has 0 radical (unpaired) electrons. The summed E-state index contributed by atoms with van der Waals surface area (Å²) in [6.45, 7) is 4.10. The molecule has 1 unspecified atom stereocenters. The van der Waals surface area contributed by atoms with Crippen LogP contribution in [-0.4, -0.2) is 5.91 Å². The predicted molar refractivity (Wildman–Crippen MR) is 61.3 cm³/mol. The summed E-state index contributed by atoms with van der Waals surface area (Å²) >= 11 is 0. The Morgan fingerprint density at radius 2 is 2.19 bits per heavy atom. The maximum absolute atomic E-state index is 12.9. The Balaban J connectivity index is 2.05. The Hall–Kier alpha value is -1.58. The topological polar surface area (TPSA) is 55.1 Å². The van der Waals surface area contributed by atoms with Gasteiger partial charge in [0.25, 0.3) is 0 Å². The zero-order chi connectivity index (χ0) is 11.9. The highest BCUT2D eigenvalue weighted by atomic mass is 19.1. The maximum Gasteiger partial charge on any atom is 0.228 e. The standard InChI is InChI=1S/C12H15FN2O/c1-12(2)6-8(12)11(16)15-7-3-4-9(13)10(14)5-7/h3-5,8H,6,14H2,1-2H3,(H,15,16). The largest absolute Gasteiger partial charge is 0.396 e. The van der Waals surface area contributed by atoms with Crippen molar-refractivity contribution in [3.05, 3.63) is 24.0 Å². The minimum atomic E-state index is -0.468. The average molecular weight is 222 g/mol. The van der Waals surface area contributed by atoms with E-state index in [0.717, 1.165) is 6.42 Å². The van der Waals surface area contributed by atoms with Crippen LogP contribution < -0.4 is 11.1 Å². The lowest BCUT2D eigenvalue weighted by Crippen LogP contribution is -2.16. The molecule has 1 aromatic carbocycles. The number of nitrogens with one attached hydrogen (secondary N) is 1. The van der Waals surface area contributed by atoms with Crippen molar-refractivity contribution in [2.45, 2.75) is 20.3 Å². The molecule has 0 heterocycles. The third-order valence-corrected chi connectivity index (χ3v) is 3.09. The molecule has 0 aromatic heterocycles. The van der Waals surface area contributed by atoms with E-state index in [1.54, 1.807) is 0 Å². The van der Waals surface area contributed by atoms with Gasteiger partial charge < -0.3 is 11.1 Å². The number of carbonyl (C=O) groups excluding carboxylic acids is 1. The van der Waals surface area contributed by atoms with E-state index in [1.807, 2.05) is 0 Å². The Bertz CT molecular complexity index is 443. The summed E-state index contributed by atoms with van der Waals surface area (Å²) in [7, 11) is 0. The number of amides is 1. The molecule has 1 aliphatic rings. The lowest BCUT2D eigenvalue weighted by molar-refractivity contribution is -0.117. The van der Waals surface area contributed by atoms with Gasteiger partial charge in [0.05, 0.1) is 5.69 Å². The van der Waals surface area contributed by atoms with E-state index in [0.29, 0.717) is 5.69 Å². The monoisotopic (exact) mass is 222 g/mol. The van der Waals surface area contributed by atoms with Crippen LogP contribution >= 0.6 is 0 Å². The zero-order valence-corrected chi connectivity index (χ0v) is 9.38. The van der Waals surface area contributed by atoms with Gasteiger partial charge >= 0.3 is 0 Å². The smallest absolute Gasteiger partial charge is 0.228 e. The normalized spacial score (nSPS) is 21.6. The number of hydrogen-bond acceptors (Lipinski definition) is 2. The van der Waals surface area contributed by atoms with Crippen LogP contribution in [0.5, 0.6) is 0 Å². The molecule has 1 saturated carbocycles. The molecule has 0 spiro atoms. The third kappa shape index (κ3) is 2.01. The van der Waals surface area contributed by atoms with E-state index in [2.05, 4.69) is 19.2 Å². The molecule has 0 saturated heterocycles. The first-order valence-electron chi connectivity index (χ1n) is 5.26. The van der Waals surface area contributed by atoms with E-state index in [1.165, 1.54) is 18.2 Å². The number of rotatable bonds is 2. The molecule has 86 valence electrons. The molecule has 1 fully saturated rings. The molecule has 1 atom stereocenters. The van der Waals surface area contributed by atoms with Crippen molar-refractivity contribution in [2.24, 2.45) is 11.3 Å². The summed E-state index contributed by atoms with van der Waals surface area (Å²) in [6, 6.07) is 4.20. The molecule has 1 amide bonds. The van der Waals surface area contributed by atoms with Crippen molar-refractivity contribution >= 4 is 17.3 Å². The lowest BCUT2D eigenvalue weighted by atomic mass is 10.1. The zero-order valence-electron chi connectivity index (χ0n) is 9.38. The van der Waals surface area contributed by atoms with Crippen LogP contribution in [0.1, 0.15) is 20.3 Å². The Kier molecular flexibility index (Phi) is 2.37. The first kappa shape index (κ1) is 10.9. The summed E-state index contributed by atoms with van der Waals surface area (Å²) in [5.41, 5.74) is 6.10. The van der Waals surface area contributed by atoms with Crippen molar-refractivity contribution in [3.8, 4) is 0 Å². The molecule has 0 bridgehead atoms. The third-order valence-electron chi connectivity index (χ3n) is 3.09. The fourth-order valence-corrected chi connectivity index (χ4v) is 1.77. The second-order valence-electron chi connectivity index (χ2n) is 4.97. The maximum atomic E-state index is 12.9. The molecular weight excluding hydrogens is 207 g/mol. The lowest BCUT2D eigenvalue weighted by Gasteiger charge is -2.07. The van der Waals surface area contributed by atoms with Crippen LogP contribution in [0.15, 0.2) is 18.2 Å². The van der Waals surface area contributed by atoms with Crippen molar-refractivity contribution < 1.29 is 9.18 Å². The van der Waals surface area contributed by atoms with E-state index in [-0.39, 0.29) is 22.9 Å². The number of nitrogens with two attached hydrogens (primary N) is 1. The summed E-state index contributed by atoms with van der Waals surface area (Å²) in [5.74, 6) is -0.431. The molecule has 4 heteroatoms. The SMILES string of the molecule is CC1(C)CC1C(=O)Nc1ccc(F)c(N)c1. The van der Waals surface area contributed by atoms with Crippen LogP contribution in [0.2, 0.25) is 0 Å². The second kappa shape index (κ2) is 3.47. The summed E-state index contributed by atoms with van der Waals surface area (Å²) in [6.07, 6.45) is 0.898. The fraction of sp³-hybridized carbons (Fsp3) is 0.417. The summed E-state index contributed by atoms with van der Waals surface area (Å²) in [4.78, 5) is 11.7. The molecule has 16 heavy (non-hydrogen) atoms. The van der Waals surface area contributed by atoms with Gasteiger partial charge in [-0.1, -0.05) is 13.8 Å². The average Bonchev–Trinajstić information content (AvgIpc) is 2.82. The predicted octanol–water partition coefficient (Wildman–Crippen LogP) is 2.39. The highest BCUT2D eigenvalue weighted by Crippen LogP contribution is 2.51. The summed E-state index contributed by atoms with van der Waals surface area (Å²) in [5, 5.41) is 2.74. The van der Waals surface area contributed by atoms with Crippen LogP contribution in [0.3, 0.4) is 0 Å². The van der Waals surface area contributed by atoms with Crippen molar-refractivity contribution in [1.29, 1.82) is 0 Å². The van der Waals surface area contributed by atoms with Gasteiger partial charge in [-0.25, -0.2) is 4.39 Å². The fourth-order valence-electron chi connectivity index (χ4n) is 1.77. The van der Waals surface area contributed by atoms with E-state index in [9.17, 15) is 9.18 Å². The van der Waals surface area contributed by atoms with Crippen molar-refractivity contribution in [1.82, 2.24) is 0 Å². The summed E-state index contributed by atoms with van der Waals surface area (Å²) < 4.78 is 12.9. The van der Waals surface area contributed by atoms with Gasteiger partial charge in [0.2, 0.25) is 5.91 Å². The molecule has 1 aromatic rings. The number of nitrogen functional groups attached to an aromatic ring is 1. The van der Waals surface area contributed by atoms with Gasteiger partial charge in [0.15, 0.2) is 0 Å².